The predicted molar refractivity (Wildman–Crippen MR) is 117 cm³/mol. The van der Waals surface area contributed by atoms with E-state index in [0.29, 0.717) is 17.5 Å². The molecule has 1 saturated heterocycles. The second kappa shape index (κ2) is 10.3. The minimum atomic E-state index is 0.371. The summed E-state index contributed by atoms with van der Waals surface area (Å²) in [5, 5.41) is 7.31. The average molecular weight is 387 g/mol. The fourth-order valence-corrected chi connectivity index (χ4v) is 4.86. The molecule has 0 radical (unpaired) electrons. The van der Waals surface area contributed by atoms with Crippen LogP contribution in [-0.2, 0) is 11.3 Å². The lowest BCUT2D eigenvalue weighted by atomic mass is 9.83. The van der Waals surface area contributed by atoms with Crippen molar-refractivity contribution in [3.05, 3.63) is 35.9 Å². The van der Waals surface area contributed by atoms with Crippen LogP contribution in [0, 0.1) is 5.41 Å². The maximum atomic E-state index is 5.36. The summed E-state index contributed by atoms with van der Waals surface area (Å²) < 4.78 is 5.36. The summed E-state index contributed by atoms with van der Waals surface area (Å²) in [7, 11) is 3.69. The number of nitrogens with zero attached hydrogens (tertiary/aromatic N) is 2. The number of rotatable bonds is 8. The van der Waals surface area contributed by atoms with Crippen LogP contribution in [0.3, 0.4) is 0 Å². The van der Waals surface area contributed by atoms with Crippen molar-refractivity contribution in [2.45, 2.75) is 64.1 Å². The lowest BCUT2D eigenvalue weighted by Gasteiger charge is -2.30. The Morgan fingerprint density at radius 1 is 1.25 bits per heavy atom. The number of guanidine groups is 1. The van der Waals surface area contributed by atoms with Gasteiger partial charge in [-0.15, -0.1) is 0 Å². The van der Waals surface area contributed by atoms with Crippen LogP contribution in [0.25, 0.3) is 0 Å². The maximum absolute atomic E-state index is 5.36. The summed E-state index contributed by atoms with van der Waals surface area (Å²) in [5.41, 5.74) is 1.76. The van der Waals surface area contributed by atoms with Gasteiger partial charge in [-0.05, 0) is 43.6 Å². The van der Waals surface area contributed by atoms with Gasteiger partial charge < -0.3 is 15.4 Å². The Bertz CT molecular complexity index is 612. The highest BCUT2D eigenvalue weighted by atomic mass is 16.5. The van der Waals surface area contributed by atoms with E-state index < -0.39 is 0 Å². The molecular formula is C23H38N4O. The Morgan fingerprint density at radius 2 is 2.00 bits per heavy atom. The van der Waals surface area contributed by atoms with E-state index in [1.54, 1.807) is 7.11 Å². The van der Waals surface area contributed by atoms with Gasteiger partial charge in [0.25, 0.3) is 0 Å². The first kappa shape index (κ1) is 21.1. The molecule has 1 heterocycles. The lowest BCUT2D eigenvalue weighted by Crippen LogP contribution is -2.47. The van der Waals surface area contributed by atoms with Crippen LogP contribution in [-0.4, -0.2) is 56.8 Å². The molecule has 2 N–H and O–H groups in total. The van der Waals surface area contributed by atoms with Crippen LogP contribution in [0.4, 0.5) is 0 Å². The summed E-state index contributed by atoms with van der Waals surface area (Å²) in [6.07, 6.45) is 7.57. The molecule has 2 unspecified atom stereocenters. The van der Waals surface area contributed by atoms with Crippen molar-refractivity contribution in [3.8, 4) is 0 Å². The molecule has 1 aliphatic heterocycles. The van der Waals surface area contributed by atoms with E-state index in [9.17, 15) is 0 Å². The summed E-state index contributed by atoms with van der Waals surface area (Å²) in [5.74, 6) is 0.947. The van der Waals surface area contributed by atoms with Gasteiger partial charge in [-0.1, -0.05) is 43.2 Å². The second-order valence-electron chi connectivity index (χ2n) is 8.72. The van der Waals surface area contributed by atoms with Crippen molar-refractivity contribution in [1.82, 2.24) is 15.5 Å². The largest absolute Gasteiger partial charge is 0.385 e. The van der Waals surface area contributed by atoms with Gasteiger partial charge in [0.15, 0.2) is 5.96 Å². The molecule has 1 saturated carbocycles. The van der Waals surface area contributed by atoms with E-state index in [1.807, 2.05) is 7.05 Å². The Balaban J connectivity index is 1.49. The second-order valence-corrected chi connectivity index (χ2v) is 8.72. The number of hydrogen-bond acceptors (Lipinski definition) is 3. The van der Waals surface area contributed by atoms with Crippen LogP contribution in [0.1, 0.15) is 51.0 Å². The van der Waals surface area contributed by atoms with E-state index in [2.05, 4.69) is 57.8 Å². The van der Waals surface area contributed by atoms with Crippen molar-refractivity contribution in [2.75, 3.05) is 33.9 Å². The highest BCUT2D eigenvalue weighted by Crippen LogP contribution is 2.40. The molecule has 2 atom stereocenters. The van der Waals surface area contributed by atoms with Crippen molar-refractivity contribution in [2.24, 2.45) is 10.4 Å². The third kappa shape index (κ3) is 5.71. The zero-order chi connectivity index (χ0) is 19.8. The minimum absolute atomic E-state index is 0.371. The van der Waals surface area contributed by atoms with Gasteiger partial charge in [0.2, 0.25) is 0 Å². The number of methoxy groups -OCH3 is 1. The van der Waals surface area contributed by atoms with E-state index >= 15 is 0 Å². The Morgan fingerprint density at radius 3 is 2.68 bits per heavy atom. The molecule has 156 valence electrons. The first-order valence-electron chi connectivity index (χ1n) is 10.9. The quantitative estimate of drug-likeness (QED) is 0.531. The standard InChI is InChI=1S/C23H38N4O/c1-19-15-21(17-27(19)16-20-9-5-4-6-10-20)26-22(24-2)25-18-23(13-14-28-3)11-7-8-12-23/h4-6,9-10,19,21H,7-8,11-18H2,1-3H3,(H2,24,25,26). The van der Waals surface area contributed by atoms with Gasteiger partial charge >= 0.3 is 0 Å². The van der Waals surface area contributed by atoms with E-state index in [0.717, 1.165) is 45.0 Å². The van der Waals surface area contributed by atoms with Crippen LogP contribution in [0.2, 0.25) is 0 Å². The van der Waals surface area contributed by atoms with Gasteiger partial charge in [-0.2, -0.15) is 0 Å². The highest BCUT2D eigenvalue weighted by Gasteiger charge is 2.34. The molecule has 0 bridgehead atoms. The third-order valence-electron chi connectivity index (χ3n) is 6.63. The summed E-state index contributed by atoms with van der Waals surface area (Å²) >= 11 is 0. The van der Waals surface area contributed by atoms with Gasteiger partial charge in [-0.3, -0.25) is 9.89 Å². The molecule has 5 heteroatoms. The Kier molecular flexibility index (Phi) is 7.74. The molecule has 1 aromatic carbocycles. The predicted octanol–water partition coefficient (Wildman–Crippen LogP) is 3.41. The maximum Gasteiger partial charge on any atom is 0.191 e. The first-order chi connectivity index (χ1) is 13.6. The summed E-state index contributed by atoms with van der Waals surface area (Å²) in [6, 6.07) is 11.8. The first-order valence-corrected chi connectivity index (χ1v) is 10.9. The number of hydrogen-bond donors (Lipinski definition) is 2. The van der Waals surface area contributed by atoms with Crippen molar-refractivity contribution in [1.29, 1.82) is 0 Å². The SMILES string of the molecule is CN=C(NCC1(CCOC)CCCC1)NC1CC(C)N(Cc2ccccc2)C1. The zero-order valence-electron chi connectivity index (χ0n) is 17.9. The molecule has 28 heavy (non-hydrogen) atoms. The van der Waals surface area contributed by atoms with Crippen LogP contribution >= 0.6 is 0 Å². The Hall–Kier alpha value is -1.59. The number of nitrogens with one attached hydrogen (secondary N) is 2. The van der Waals surface area contributed by atoms with Crippen LogP contribution in [0.5, 0.6) is 0 Å². The molecule has 1 aromatic rings. The third-order valence-corrected chi connectivity index (χ3v) is 6.63. The number of aliphatic imine (C=N–C) groups is 1. The molecule has 2 aliphatic rings. The smallest absolute Gasteiger partial charge is 0.191 e. The fraction of sp³-hybridized carbons (Fsp3) is 0.696. The zero-order valence-corrected chi connectivity index (χ0v) is 17.9. The van der Waals surface area contributed by atoms with Crippen molar-refractivity contribution in [3.63, 3.8) is 0 Å². The minimum Gasteiger partial charge on any atom is -0.385 e. The highest BCUT2D eigenvalue weighted by molar-refractivity contribution is 5.80. The van der Waals surface area contributed by atoms with Crippen LogP contribution < -0.4 is 10.6 Å². The van der Waals surface area contributed by atoms with Gasteiger partial charge in [0, 0.05) is 52.5 Å². The molecule has 2 fully saturated rings. The molecule has 0 spiro atoms. The summed E-state index contributed by atoms with van der Waals surface area (Å²) in [6.45, 7) is 6.26. The summed E-state index contributed by atoms with van der Waals surface area (Å²) in [4.78, 5) is 7.07. The van der Waals surface area contributed by atoms with Gasteiger partial charge in [0.05, 0.1) is 0 Å². The Labute approximate surface area is 170 Å². The normalized spacial score (nSPS) is 25.2. The van der Waals surface area contributed by atoms with Gasteiger partial charge in [0.1, 0.15) is 0 Å². The fourth-order valence-electron chi connectivity index (χ4n) is 4.86. The molecule has 0 amide bonds. The van der Waals surface area contributed by atoms with Crippen molar-refractivity contribution < 1.29 is 4.74 Å². The van der Waals surface area contributed by atoms with Crippen molar-refractivity contribution >= 4 is 5.96 Å². The van der Waals surface area contributed by atoms with E-state index in [-0.39, 0.29) is 0 Å². The van der Waals surface area contributed by atoms with Crippen LogP contribution in [0.15, 0.2) is 35.3 Å². The topological polar surface area (TPSA) is 48.9 Å². The molecule has 5 nitrogen and oxygen atoms in total. The lowest BCUT2D eigenvalue weighted by molar-refractivity contribution is 0.138. The van der Waals surface area contributed by atoms with Gasteiger partial charge in [-0.25, -0.2) is 0 Å². The number of likely N-dealkylation sites (tertiary alicyclic amines) is 1. The van der Waals surface area contributed by atoms with E-state index in [4.69, 9.17) is 4.74 Å². The number of benzene rings is 1. The average Bonchev–Trinajstić information content (AvgIpc) is 3.31. The molecule has 3 rings (SSSR count). The van der Waals surface area contributed by atoms with E-state index in [1.165, 1.54) is 31.2 Å². The molecular weight excluding hydrogens is 348 g/mol. The number of ether oxygens (including phenoxy) is 1. The molecule has 0 aromatic heterocycles. The molecule has 1 aliphatic carbocycles. The monoisotopic (exact) mass is 386 g/mol.